The lowest BCUT2D eigenvalue weighted by atomic mass is 10.1. The minimum atomic E-state index is -0.195. The highest BCUT2D eigenvalue weighted by molar-refractivity contribution is 7.21. The summed E-state index contributed by atoms with van der Waals surface area (Å²) in [5, 5.41) is 1.33. The number of fused-ring (bicyclic) bond motifs is 1. The third-order valence-corrected chi connectivity index (χ3v) is 4.74. The molecule has 24 heavy (non-hydrogen) atoms. The second-order valence-corrected chi connectivity index (χ2v) is 6.62. The van der Waals surface area contributed by atoms with Crippen molar-refractivity contribution in [3.63, 3.8) is 0 Å². The van der Waals surface area contributed by atoms with Gasteiger partial charge in [-0.1, -0.05) is 19.1 Å². The first-order valence-corrected chi connectivity index (χ1v) is 9.02. The van der Waals surface area contributed by atoms with E-state index in [4.69, 9.17) is 4.74 Å². The summed E-state index contributed by atoms with van der Waals surface area (Å²) in [6.45, 7) is 3.70. The Hall–Kier alpha value is -2.11. The molecule has 0 bridgehead atoms. The first-order chi connectivity index (χ1) is 11.8. The smallest absolute Gasteiger partial charge is 0.279 e. The van der Waals surface area contributed by atoms with E-state index in [-0.39, 0.29) is 5.56 Å². The van der Waals surface area contributed by atoms with E-state index in [0.717, 1.165) is 42.9 Å². The first kappa shape index (κ1) is 16.7. The lowest BCUT2D eigenvalue weighted by Crippen LogP contribution is -2.06. The Labute approximate surface area is 145 Å². The van der Waals surface area contributed by atoms with Gasteiger partial charge in [0, 0.05) is 24.1 Å². The number of aryl methyl sites for hydroxylation is 1. The van der Waals surface area contributed by atoms with Crippen molar-refractivity contribution >= 4 is 21.4 Å². The van der Waals surface area contributed by atoms with Gasteiger partial charge in [0.15, 0.2) is 0 Å². The Bertz CT molecular complexity index is 876. The van der Waals surface area contributed by atoms with Gasteiger partial charge in [-0.25, -0.2) is 0 Å². The zero-order valence-electron chi connectivity index (χ0n) is 13.7. The number of rotatable bonds is 7. The van der Waals surface area contributed by atoms with Crippen molar-refractivity contribution in [2.24, 2.45) is 0 Å². The number of nitrogens with zero attached hydrogens (tertiary/aromatic N) is 2. The monoisotopic (exact) mass is 340 g/mol. The highest BCUT2D eigenvalue weighted by Gasteiger charge is 2.08. The first-order valence-electron chi connectivity index (χ1n) is 8.21. The van der Waals surface area contributed by atoms with Gasteiger partial charge in [0.1, 0.15) is 5.01 Å². The fraction of sp³-hybridized carbons (Fsp3) is 0.316. The molecule has 1 aromatic carbocycles. The maximum Gasteiger partial charge on any atom is 0.279 e. The molecule has 0 aliphatic heterocycles. The molecule has 0 N–H and O–H groups in total. The molecular weight excluding hydrogens is 320 g/mol. The largest absolute Gasteiger partial charge is 0.381 e. The van der Waals surface area contributed by atoms with Crippen molar-refractivity contribution < 1.29 is 4.74 Å². The summed E-state index contributed by atoms with van der Waals surface area (Å²) in [7, 11) is 0. The average Bonchev–Trinajstić information content (AvgIpc) is 2.62. The van der Waals surface area contributed by atoms with E-state index in [1.54, 1.807) is 6.20 Å². The van der Waals surface area contributed by atoms with Crippen LogP contribution in [0.25, 0.3) is 20.8 Å². The molecule has 0 aliphatic rings. The second-order valence-electron chi connectivity index (χ2n) is 5.59. The van der Waals surface area contributed by atoms with Crippen molar-refractivity contribution in [1.29, 1.82) is 0 Å². The molecule has 124 valence electrons. The minimum Gasteiger partial charge on any atom is -0.381 e. The Morgan fingerprint density at radius 2 is 2.04 bits per heavy atom. The molecule has 5 heteroatoms. The lowest BCUT2D eigenvalue weighted by Gasteiger charge is -2.05. The summed E-state index contributed by atoms with van der Waals surface area (Å²) < 4.78 is 6.45. The van der Waals surface area contributed by atoms with Gasteiger partial charge in [0.25, 0.3) is 5.56 Å². The van der Waals surface area contributed by atoms with Crippen LogP contribution in [-0.2, 0) is 11.2 Å². The molecule has 0 saturated heterocycles. The summed E-state index contributed by atoms with van der Waals surface area (Å²) >= 11 is 1.50. The molecule has 0 saturated carbocycles. The van der Waals surface area contributed by atoms with E-state index < -0.39 is 0 Å². The van der Waals surface area contributed by atoms with E-state index in [1.165, 1.54) is 16.9 Å². The van der Waals surface area contributed by atoms with Gasteiger partial charge < -0.3 is 4.74 Å². The number of ether oxygens (including phenoxy) is 1. The summed E-state index contributed by atoms with van der Waals surface area (Å²) in [4.78, 5) is 20.8. The molecule has 0 radical (unpaired) electrons. The standard InChI is InChI=1S/C19H20N2O2S/c1-2-11-23-12-5-6-14-9-10-20-16(13-14)19-21-18(22)15-7-3-4-8-17(15)24-19/h3-4,7-10,13H,2,5-6,11-12H2,1H3. The molecule has 0 amide bonds. The van der Waals surface area contributed by atoms with Crippen molar-refractivity contribution in [2.75, 3.05) is 13.2 Å². The molecule has 2 aromatic heterocycles. The summed E-state index contributed by atoms with van der Waals surface area (Å²) in [6, 6.07) is 11.6. The third kappa shape index (κ3) is 4.04. The van der Waals surface area contributed by atoms with E-state index in [9.17, 15) is 4.79 Å². The van der Waals surface area contributed by atoms with Gasteiger partial charge in [0.05, 0.1) is 11.1 Å². The van der Waals surface area contributed by atoms with Gasteiger partial charge >= 0.3 is 0 Å². The molecule has 0 fully saturated rings. The topological polar surface area (TPSA) is 52.1 Å². The van der Waals surface area contributed by atoms with E-state index in [1.807, 2.05) is 36.4 Å². The van der Waals surface area contributed by atoms with Crippen LogP contribution in [0, 0.1) is 0 Å². The molecule has 0 atom stereocenters. The van der Waals surface area contributed by atoms with Crippen LogP contribution in [0.15, 0.2) is 47.4 Å². The lowest BCUT2D eigenvalue weighted by molar-refractivity contribution is 0.132. The molecule has 0 aliphatic carbocycles. The van der Waals surface area contributed by atoms with Crippen molar-refractivity contribution in [3.05, 3.63) is 58.5 Å². The molecule has 4 nitrogen and oxygen atoms in total. The Morgan fingerprint density at radius 3 is 2.92 bits per heavy atom. The van der Waals surface area contributed by atoms with Crippen LogP contribution in [0.5, 0.6) is 0 Å². The van der Waals surface area contributed by atoms with E-state index >= 15 is 0 Å². The summed E-state index contributed by atoms with van der Waals surface area (Å²) in [6.07, 6.45) is 4.74. The molecule has 3 aromatic rings. The number of aromatic nitrogens is 2. The Kier molecular flexibility index (Phi) is 5.67. The van der Waals surface area contributed by atoms with Gasteiger partial charge in [-0.3, -0.25) is 9.78 Å². The third-order valence-electron chi connectivity index (χ3n) is 3.67. The van der Waals surface area contributed by atoms with Gasteiger partial charge in [-0.05, 0) is 49.1 Å². The van der Waals surface area contributed by atoms with Crippen molar-refractivity contribution in [3.8, 4) is 10.7 Å². The molecule has 0 unspecified atom stereocenters. The normalized spacial score (nSPS) is 11.0. The van der Waals surface area contributed by atoms with Crippen LogP contribution in [0.3, 0.4) is 0 Å². The van der Waals surface area contributed by atoms with Crippen LogP contribution in [-0.4, -0.2) is 23.2 Å². The van der Waals surface area contributed by atoms with Crippen LogP contribution in [0.4, 0.5) is 0 Å². The van der Waals surface area contributed by atoms with Gasteiger partial charge in [-0.15, -0.1) is 11.3 Å². The van der Waals surface area contributed by atoms with Crippen LogP contribution in [0.2, 0.25) is 0 Å². The molecular formula is C19H20N2O2S. The maximum absolute atomic E-state index is 12.2. The van der Waals surface area contributed by atoms with E-state index in [2.05, 4.69) is 16.9 Å². The Balaban J connectivity index is 1.80. The number of benzene rings is 1. The van der Waals surface area contributed by atoms with Crippen molar-refractivity contribution in [2.45, 2.75) is 26.2 Å². The minimum absolute atomic E-state index is 0.195. The SMILES string of the molecule is CCCOCCCc1ccnc(-c2nc(=O)c3ccccc3s2)c1. The number of pyridine rings is 1. The maximum atomic E-state index is 12.2. The quantitative estimate of drug-likeness (QED) is 0.608. The highest BCUT2D eigenvalue weighted by Crippen LogP contribution is 2.25. The summed E-state index contributed by atoms with van der Waals surface area (Å²) in [5.74, 6) is 0. The summed E-state index contributed by atoms with van der Waals surface area (Å²) in [5.41, 5.74) is 1.75. The average molecular weight is 340 g/mol. The van der Waals surface area contributed by atoms with Gasteiger partial charge in [-0.2, -0.15) is 4.98 Å². The van der Waals surface area contributed by atoms with Gasteiger partial charge in [0.2, 0.25) is 0 Å². The van der Waals surface area contributed by atoms with Crippen LogP contribution in [0.1, 0.15) is 25.3 Å². The van der Waals surface area contributed by atoms with Crippen LogP contribution >= 0.6 is 11.3 Å². The zero-order chi connectivity index (χ0) is 16.8. The molecule has 3 rings (SSSR count). The predicted octanol–water partition coefficient (Wildman–Crippen LogP) is 4.08. The fourth-order valence-electron chi connectivity index (χ4n) is 2.49. The highest BCUT2D eigenvalue weighted by atomic mass is 32.1. The second kappa shape index (κ2) is 8.13. The molecule has 0 spiro atoms. The number of hydrogen-bond acceptors (Lipinski definition) is 5. The molecule has 2 heterocycles. The zero-order valence-corrected chi connectivity index (χ0v) is 14.5. The van der Waals surface area contributed by atoms with Crippen LogP contribution < -0.4 is 5.56 Å². The van der Waals surface area contributed by atoms with E-state index in [0.29, 0.717) is 10.4 Å². The predicted molar refractivity (Wildman–Crippen MR) is 98.6 cm³/mol. The Morgan fingerprint density at radius 1 is 1.17 bits per heavy atom. The number of hydrogen-bond donors (Lipinski definition) is 0. The van der Waals surface area contributed by atoms with Crippen molar-refractivity contribution in [1.82, 2.24) is 9.97 Å². The fourth-order valence-corrected chi connectivity index (χ4v) is 3.46.